The third-order valence-electron chi connectivity index (χ3n) is 4.73. The Balaban J connectivity index is 1.90. The molecule has 0 bridgehead atoms. The third kappa shape index (κ3) is 5.31. The number of hydrogen-bond acceptors (Lipinski definition) is 3. The number of ether oxygens (including phenoxy) is 1. The Morgan fingerprint density at radius 3 is 2.38 bits per heavy atom. The number of benzene rings is 1. The van der Waals surface area contributed by atoms with E-state index in [9.17, 15) is 4.39 Å². The zero-order chi connectivity index (χ0) is 23.7. The fraction of sp³-hybridized carbons (Fsp3) is 0.269. The average molecular weight is 430 g/mol. The molecule has 0 aliphatic carbocycles. The molecule has 1 aromatic carbocycles. The minimum absolute atomic E-state index is 0.390. The molecule has 1 unspecified atom stereocenters. The van der Waals surface area contributed by atoms with E-state index < -0.39 is 11.2 Å². The Morgan fingerprint density at radius 1 is 1.16 bits per heavy atom. The number of hydrogen-bond donors (Lipinski definition) is 1. The molecule has 164 valence electrons. The van der Waals surface area contributed by atoms with Gasteiger partial charge in [-0.1, -0.05) is 43.5 Å². The monoisotopic (exact) mass is 430 g/mol. The van der Waals surface area contributed by atoms with E-state index in [1.54, 1.807) is 36.4 Å². The van der Waals surface area contributed by atoms with Crippen molar-refractivity contribution in [3.8, 4) is 22.8 Å². The van der Waals surface area contributed by atoms with Gasteiger partial charge in [0.15, 0.2) is 11.6 Å². The van der Waals surface area contributed by atoms with Gasteiger partial charge in [0.2, 0.25) is 0 Å². The summed E-state index contributed by atoms with van der Waals surface area (Å²) in [5.74, 6) is 2.25. The number of imidazole rings is 1. The second-order valence-corrected chi connectivity index (χ2v) is 8.83. The highest BCUT2D eigenvalue weighted by molar-refractivity contribution is 6.14. The number of nitrogens with one attached hydrogen (secondary N) is 1. The van der Waals surface area contributed by atoms with Crippen LogP contribution >= 0.6 is 0 Å². The molecule has 0 aliphatic rings. The highest BCUT2D eigenvalue weighted by Crippen LogP contribution is 2.33. The molecular weight excluding hydrogens is 402 g/mol. The predicted molar refractivity (Wildman–Crippen MR) is 129 cm³/mol. The van der Waals surface area contributed by atoms with Crippen LogP contribution in [0.3, 0.4) is 0 Å². The number of nitrogens with zero attached hydrogens (tertiary/aromatic N) is 1. The molecule has 1 atom stereocenters. The summed E-state index contributed by atoms with van der Waals surface area (Å²) < 4.78 is 25.9. The quantitative estimate of drug-likeness (QED) is 0.253. The summed E-state index contributed by atoms with van der Waals surface area (Å²) in [5.41, 5.74) is 1.31. The maximum Gasteiger partial charge on any atom is 0.174 e. The normalized spacial score (nSPS) is 14.1. The summed E-state index contributed by atoms with van der Waals surface area (Å²) in [5, 5.41) is 0. The smallest absolute Gasteiger partial charge is 0.174 e. The van der Waals surface area contributed by atoms with E-state index in [0.29, 0.717) is 34.2 Å². The molecule has 0 saturated heterocycles. The Bertz CT molecular complexity index is 1160. The van der Waals surface area contributed by atoms with Crippen LogP contribution in [0.4, 0.5) is 4.39 Å². The van der Waals surface area contributed by atoms with E-state index in [4.69, 9.17) is 22.0 Å². The number of aryl methyl sites for hydroxylation is 1. The van der Waals surface area contributed by atoms with Gasteiger partial charge < -0.3 is 14.1 Å². The molecule has 3 aromatic rings. The van der Waals surface area contributed by atoms with Gasteiger partial charge in [0.05, 0.1) is 16.8 Å². The van der Waals surface area contributed by atoms with Crippen LogP contribution in [0.5, 0.6) is 0 Å². The van der Waals surface area contributed by atoms with Gasteiger partial charge in [-0.3, -0.25) is 4.39 Å². The van der Waals surface area contributed by atoms with Crippen LogP contribution in [-0.2, 0) is 10.3 Å². The Morgan fingerprint density at radius 2 is 1.81 bits per heavy atom. The van der Waals surface area contributed by atoms with E-state index >= 15 is 0 Å². The van der Waals surface area contributed by atoms with Gasteiger partial charge in [-0.2, -0.15) is 0 Å². The van der Waals surface area contributed by atoms with Crippen molar-refractivity contribution in [1.29, 1.82) is 0 Å². The molecule has 4 nitrogen and oxygen atoms in total. The van der Waals surface area contributed by atoms with Gasteiger partial charge in [-0.15, -0.1) is 0 Å². The number of H-pyrrole nitrogens is 1. The van der Waals surface area contributed by atoms with Gasteiger partial charge in [-0.05, 0) is 58.4 Å². The SMILES string of the molecule is [B]C(C)(F)c1ccc(-c2nc(-c3ccc(/C(=C/C=C)C(=C)OC(C)(C)C)o3)[nH]c2C)cc1. The first-order chi connectivity index (χ1) is 14.9. The molecule has 6 heteroatoms. The highest BCUT2D eigenvalue weighted by atomic mass is 19.1. The lowest BCUT2D eigenvalue weighted by Crippen LogP contribution is -2.18. The number of alkyl halides is 1. The maximum atomic E-state index is 13.9. The Labute approximate surface area is 190 Å². The summed E-state index contributed by atoms with van der Waals surface area (Å²) in [6, 6.07) is 10.6. The van der Waals surface area contributed by atoms with Crippen LogP contribution in [0, 0.1) is 6.92 Å². The van der Waals surface area contributed by atoms with Gasteiger partial charge >= 0.3 is 0 Å². The third-order valence-corrected chi connectivity index (χ3v) is 4.73. The first kappa shape index (κ1) is 23.4. The summed E-state index contributed by atoms with van der Waals surface area (Å²) in [6.07, 6.45) is 3.46. The molecule has 0 fully saturated rings. The van der Waals surface area contributed by atoms with E-state index in [-0.39, 0.29) is 0 Å². The summed E-state index contributed by atoms with van der Waals surface area (Å²) >= 11 is 0. The molecule has 2 aromatic heterocycles. The molecular formula is C26H28BFN2O2. The van der Waals surface area contributed by atoms with Crippen molar-refractivity contribution in [3.63, 3.8) is 0 Å². The van der Waals surface area contributed by atoms with Gasteiger partial charge in [-0.25, -0.2) is 4.98 Å². The maximum absolute atomic E-state index is 13.9. The zero-order valence-corrected chi connectivity index (χ0v) is 19.3. The Hall–Kier alpha value is -3.28. The molecule has 3 rings (SSSR count). The molecule has 0 amide bonds. The molecule has 0 saturated carbocycles. The lowest BCUT2D eigenvalue weighted by atomic mass is 9.79. The first-order valence-electron chi connectivity index (χ1n) is 10.4. The first-order valence-corrected chi connectivity index (χ1v) is 10.4. The topological polar surface area (TPSA) is 51.1 Å². The van der Waals surface area contributed by atoms with Crippen LogP contribution in [-0.4, -0.2) is 23.4 Å². The van der Waals surface area contributed by atoms with E-state index in [2.05, 4.69) is 18.1 Å². The van der Waals surface area contributed by atoms with Crippen molar-refractivity contribution in [3.05, 3.63) is 84.5 Å². The summed E-state index contributed by atoms with van der Waals surface area (Å²) in [7, 11) is 5.53. The van der Waals surface area contributed by atoms with E-state index in [1.807, 2.05) is 39.8 Å². The summed E-state index contributed by atoms with van der Waals surface area (Å²) in [6.45, 7) is 16.9. The highest BCUT2D eigenvalue weighted by Gasteiger charge is 2.21. The average Bonchev–Trinajstić information content (AvgIpc) is 3.31. The van der Waals surface area contributed by atoms with Gasteiger partial charge in [0.1, 0.15) is 25.0 Å². The molecule has 0 aliphatic heterocycles. The number of furan rings is 1. The largest absolute Gasteiger partial charge is 0.488 e. The number of rotatable bonds is 7. The summed E-state index contributed by atoms with van der Waals surface area (Å²) in [4.78, 5) is 7.96. The number of allylic oxidation sites excluding steroid dienone is 3. The minimum atomic E-state index is -1.88. The van der Waals surface area contributed by atoms with Crippen molar-refractivity contribution in [2.24, 2.45) is 0 Å². The molecule has 32 heavy (non-hydrogen) atoms. The van der Waals surface area contributed by atoms with E-state index in [1.165, 1.54) is 6.92 Å². The van der Waals surface area contributed by atoms with Crippen molar-refractivity contribution in [2.75, 3.05) is 0 Å². The number of aromatic nitrogens is 2. The van der Waals surface area contributed by atoms with Crippen LogP contribution in [0.25, 0.3) is 28.4 Å². The van der Waals surface area contributed by atoms with Gasteiger partial charge in [0.25, 0.3) is 0 Å². The zero-order valence-electron chi connectivity index (χ0n) is 19.3. The van der Waals surface area contributed by atoms with Crippen molar-refractivity contribution in [2.45, 2.75) is 45.8 Å². The van der Waals surface area contributed by atoms with Crippen molar-refractivity contribution in [1.82, 2.24) is 9.97 Å². The van der Waals surface area contributed by atoms with Gasteiger partial charge in [0, 0.05) is 11.3 Å². The standard InChI is InChI=1S/C26H28BFN2O2/c1-8-9-20(17(3)32-25(4,5)6)21-14-15-22(31-21)24-29-16(2)23(30-24)18-10-12-19(13-11-18)26(7,27)28/h8-15H,1,3H2,2,4-7H3,(H,29,30)/b20-9+. The fourth-order valence-corrected chi connectivity index (χ4v) is 3.28. The molecule has 2 radical (unpaired) electrons. The number of halogens is 1. The van der Waals surface area contributed by atoms with E-state index in [0.717, 1.165) is 17.0 Å². The molecule has 1 N–H and O–H groups in total. The van der Waals surface area contributed by atoms with Crippen molar-refractivity contribution >= 4 is 13.4 Å². The lowest BCUT2D eigenvalue weighted by Gasteiger charge is -2.23. The lowest BCUT2D eigenvalue weighted by molar-refractivity contribution is 0.0628. The van der Waals surface area contributed by atoms with Crippen LogP contribution < -0.4 is 0 Å². The molecule has 0 spiro atoms. The van der Waals surface area contributed by atoms with Crippen LogP contribution in [0.2, 0.25) is 0 Å². The van der Waals surface area contributed by atoms with Crippen molar-refractivity contribution < 1.29 is 13.5 Å². The fourth-order valence-electron chi connectivity index (χ4n) is 3.28. The number of aromatic amines is 1. The van der Waals surface area contributed by atoms with Crippen LogP contribution in [0.15, 0.2) is 71.9 Å². The second kappa shape index (κ2) is 8.69. The molecule has 2 heterocycles. The van der Waals surface area contributed by atoms with Crippen LogP contribution in [0.1, 0.15) is 44.7 Å². The second-order valence-electron chi connectivity index (χ2n) is 8.83. The Kier molecular flexibility index (Phi) is 6.35. The predicted octanol–water partition coefficient (Wildman–Crippen LogP) is 6.85. The minimum Gasteiger partial charge on any atom is -0.488 e.